The van der Waals surface area contributed by atoms with E-state index in [2.05, 4.69) is 0 Å². The number of ether oxygens (including phenoxy) is 1. The Bertz CT molecular complexity index is 1290. The number of para-hydroxylation sites is 2. The molecule has 2 aromatic carbocycles. The summed E-state index contributed by atoms with van der Waals surface area (Å²) in [7, 11) is 1.57. The molecule has 1 fully saturated rings. The van der Waals surface area contributed by atoms with Gasteiger partial charge in [-0.15, -0.1) is 11.3 Å². The van der Waals surface area contributed by atoms with E-state index in [0.717, 1.165) is 10.5 Å². The zero-order valence-corrected chi connectivity index (χ0v) is 19.5. The molecule has 5 nitrogen and oxygen atoms in total. The molecule has 1 saturated carbocycles. The van der Waals surface area contributed by atoms with Crippen molar-refractivity contribution in [1.29, 1.82) is 0 Å². The number of rotatable bonds is 3. The fourth-order valence-electron chi connectivity index (χ4n) is 4.93. The van der Waals surface area contributed by atoms with E-state index in [-0.39, 0.29) is 29.5 Å². The fraction of sp³-hybridized carbons (Fsp3) is 0.269. The Morgan fingerprint density at radius 3 is 2.46 bits per heavy atom. The monoisotopic (exact) mass is 498 g/mol. The van der Waals surface area contributed by atoms with Crippen LogP contribution in [0.25, 0.3) is 0 Å². The van der Waals surface area contributed by atoms with E-state index in [1.165, 1.54) is 17.4 Å². The van der Waals surface area contributed by atoms with Crippen LogP contribution < -0.4 is 9.64 Å². The highest BCUT2D eigenvalue weighted by Gasteiger charge is 2.52. The molecule has 3 aromatic rings. The normalized spacial score (nSPS) is 22.1. The third kappa shape index (κ3) is 4.25. The number of halogens is 3. The molecule has 0 bridgehead atoms. The van der Waals surface area contributed by atoms with Gasteiger partial charge in [0, 0.05) is 17.0 Å². The summed E-state index contributed by atoms with van der Waals surface area (Å²) in [5, 5.41) is 1.73. The lowest BCUT2D eigenvalue weighted by Crippen LogP contribution is -2.49. The maximum atomic E-state index is 13.8. The van der Waals surface area contributed by atoms with E-state index in [1.807, 2.05) is 24.3 Å². The zero-order chi connectivity index (χ0) is 24.7. The molecule has 1 aromatic heterocycles. The van der Waals surface area contributed by atoms with Crippen LogP contribution in [0.5, 0.6) is 5.75 Å². The topological polar surface area (TPSA) is 59.0 Å². The van der Waals surface area contributed by atoms with Crippen LogP contribution in [0.4, 0.5) is 24.5 Å². The van der Waals surface area contributed by atoms with Gasteiger partial charge in [0.2, 0.25) is 0 Å². The van der Waals surface area contributed by atoms with E-state index in [4.69, 9.17) is 9.73 Å². The van der Waals surface area contributed by atoms with Crippen molar-refractivity contribution >= 4 is 40.1 Å². The molecule has 0 N–H and O–H groups in total. The molecule has 1 aliphatic heterocycles. The molecule has 0 saturated heterocycles. The second kappa shape index (κ2) is 8.96. The smallest absolute Gasteiger partial charge is 0.471 e. The maximum Gasteiger partial charge on any atom is 0.471 e. The van der Waals surface area contributed by atoms with Gasteiger partial charge in [-0.1, -0.05) is 30.3 Å². The van der Waals surface area contributed by atoms with Crippen LogP contribution in [-0.4, -0.2) is 30.7 Å². The number of thiophene rings is 1. The van der Waals surface area contributed by atoms with Gasteiger partial charge < -0.3 is 4.74 Å². The minimum atomic E-state index is -5.11. The standard InChI is InChI=1S/C26H21F3N2O3S/c1-34-17-10-8-15(9-11-17)16-13-19-23(21(32)14-16)24(22-7-4-12-35-22)31(25(33)26(27,28)29)20-6-3-2-5-18(20)30-19/h2-12,16,23-24H,13-14H2,1H3. The van der Waals surface area contributed by atoms with E-state index < -0.39 is 24.0 Å². The van der Waals surface area contributed by atoms with Crippen LogP contribution in [0.15, 0.2) is 71.0 Å². The van der Waals surface area contributed by atoms with Gasteiger partial charge in [0.15, 0.2) is 0 Å². The van der Waals surface area contributed by atoms with Gasteiger partial charge in [-0.2, -0.15) is 13.2 Å². The first-order valence-electron chi connectivity index (χ1n) is 11.0. The number of carbonyl (C=O) groups is 2. The van der Waals surface area contributed by atoms with Crippen LogP contribution >= 0.6 is 11.3 Å². The Labute approximate surface area is 203 Å². The molecule has 3 unspecified atom stereocenters. The molecule has 1 amide bonds. The number of amides is 1. The summed E-state index contributed by atoms with van der Waals surface area (Å²) < 4.78 is 46.7. The third-order valence-corrected chi connectivity index (χ3v) is 7.43. The number of ketones is 1. The molecule has 0 spiro atoms. The Morgan fingerprint density at radius 2 is 1.80 bits per heavy atom. The number of aliphatic imine (C=N–C) groups is 1. The highest BCUT2D eigenvalue weighted by molar-refractivity contribution is 7.10. The van der Waals surface area contributed by atoms with E-state index in [9.17, 15) is 22.8 Å². The van der Waals surface area contributed by atoms with Gasteiger partial charge in [-0.05, 0) is 53.6 Å². The average molecular weight is 499 g/mol. The summed E-state index contributed by atoms with van der Waals surface area (Å²) >= 11 is 1.22. The van der Waals surface area contributed by atoms with Crippen LogP contribution in [0.3, 0.4) is 0 Å². The van der Waals surface area contributed by atoms with Gasteiger partial charge in [0.25, 0.3) is 0 Å². The van der Waals surface area contributed by atoms with Crippen molar-refractivity contribution in [2.75, 3.05) is 12.0 Å². The van der Waals surface area contributed by atoms with E-state index in [0.29, 0.717) is 22.8 Å². The lowest BCUT2D eigenvalue weighted by atomic mass is 9.73. The van der Waals surface area contributed by atoms with Crippen LogP contribution in [0.2, 0.25) is 0 Å². The lowest BCUT2D eigenvalue weighted by Gasteiger charge is -2.38. The quantitative estimate of drug-likeness (QED) is 0.429. The maximum absolute atomic E-state index is 13.8. The Kier molecular flexibility index (Phi) is 5.96. The Balaban J connectivity index is 1.65. The number of benzene rings is 2. The molecule has 9 heteroatoms. The van der Waals surface area contributed by atoms with Crippen LogP contribution in [0, 0.1) is 5.92 Å². The van der Waals surface area contributed by atoms with Gasteiger partial charge in [0.05, 0.1) is 30.4 Å². The van der Waals surface area contributed by atoms with Crippen molar-refractivity contribution in [3.8, 4) is 5.75 Å². The molecular formula is C26H21F3N2O3S. The van der Waals surface area contributed by atoms with Crippen molar-refractivity contribution in [2.24, 2.45) is 10.9 Å². The average Bonchev–Trinajstić information content (AvgIpc) is 3.32. The van der Waals surface area contributed by atoms with Gasteiger partial charge in [0.1, 0.15) is 11.5 Å². The zero-order valence-electron chi connectivity index (χ0n) is 18.7. The highest BCUT2D eigenvalue weighted by atomic mass is 32.1. The predicted molar refractivity (Wildman–Crippen MR) is 128 cm³/mol. The number of fused-ring (bicyclic) bond motifs is 2. The summed E-state index contributed by atoms with van der Waals surface area (Å²) in [5.74, 6) is -2.70. The number of alkyl halides is 3. The SMILES string of the molecule is COc1ccc(C2CC(=O)C3C(=Nc4ccccc4N(C(=O)C(F)(F)F)C3c3cccs3)C2)cc1. The van der Waals surface area contributed by atoms with Crippen LogP contribution in [-0.2, 0) is 9.59 Å². The second-order valence-electron chi connectivity index (χ2n) is 8.55. The first-order chi connectivity index (χ1) is 16.8. The highest BCUT2D eigenvalue weighted by Crippen LogP contribution is 2.49. The summed E-state index contributed by atoms with van der Waals surface area (Å²) in [6, 6.07) is 15.9. The van der Waals surface area contributed by atoms with Gasteiger partial charge in [-0.3, -0.25) is 19.5 Å². The molecule has 5 rings (SSSR count). The molecule has 0 radical (unpaired) electrons. The number of hydrogen-bond donors (Lipinski definition) is 0. The Morgan fingerprint density at radius 1 is 1.06 bits per heavy atom. The number of anilines is 1. The van der Waals surface area contributed by atoms with Gasteiger partial charge >= 0.3 is 12.1 Å². The summed E-state index contributed by atoms with van der Waals surface area (Å²) in [5.41, 5.74) is 1.70. The first kappa shape index (κ1) is 23.3. The minimum absolute atomic E-state index is 0.0453. The molecule has 2 heterocycles. The molecule has 180 valence electrons. The number of nitrogens with zero attached hydrogens (tertiary/aromatic N) is 2. The van der Waals surface area contributed by atoms with Gasteiger partial charge in [-0.25, -0.2) is 0 Å². The number of Topliss-reactive ketones (excluding diaryl/α,β-unsaturated/α-hetero) is 1. The molecule has 3 atom stereocenters. The van der Waals surface area contributed by atoms with E-state index in [1.54, 1.807) is 42.8 Å². The second-order valence-corrected chi connectivity index (χ2v) is 9.53. The van der Waals surface area contributed by atoms with Crippen molar-refractivity contribution in [1.82, 2.24) is 0 Å². The largest absolute Gasteiger partial charge is 0.497 e. The summed E-state index contributed by atoms with van der Waals surface area (Å²) in [6.45, 7) is 0. The third-order valence-electron chi connectivity index (χ3n) is 6.49. The molecule has 35 heavy (non-hydrogen) atoms. The van der Waals surface area contributed by atoms with Crippen molar-refractivity contribution in [3.63, 3.8) is 0 Å². The minimum Gasteiger partial charge on any atom is -0.497 e. The molecule has 1 aliphatic carbocycles. The van der Waals surface area contributed by atoms with Crippen molar-refractivity contribution in [2.45, 2.75) is 31.0 Å². The van der Waals surface area contributed by atoms with Crippen molar-refractivity contribution < 1.29 is 27.5 Å². The summed E-state index contributed by atoms with van der Waals surface area (Å²) in [6.07, 6.45) is -4.58. The predicted octanol–water partition coefficient (Wildman–Crippen LogP) is 6.24. The first-order valence-corrected chi connectivity index (χ1v) is 11.9. The molecular weight excluding hydrogens is 477 g/mol. The van der Waals surface area contributed by atoms with Crippen molar-refractivity contribution in [3.05, 3.63) is 76.5 Å². The number of methoxy groups -OCH3 is 1. The van der Waals surface area contributed by atoms with Crippen LogP contribution in [0.1, 0.15) is 35.2 Å². The Hall–Kier alpha value is -3.46. The van der Waals surface area contributed by atoms with E-state index >= 15 is 0 Å². The number of hydrogen-bond acceptors (Lipinski definition) is 5. The summed E-state index contributed by atoms with van der Waals surface area (Å²) in [4.78, 5) is 32.4. The fourth-order valence-corrected chi connectivity index (χ4v) is 5.78. The number of carbonyl (C=O) groups excluding carboxylic acids is 2. The molecule has 2 aliphatic rings. The lowest BCUT2D eigenvalue weighted by molar-refractivity contribution is -0.171.